The first kappa shape index (κ1) is 14.5. The summed E-state index contributed by atoms with van der Waals surface area (Å²) >= 11 is 0. The van der Waals surface area contributed by atoms with E-state index in [2.05, 4.69) is 10.6 Å². The van der Waals surface area contributed by atoms with Gasteiger partial charge in [0.25, 0.3) is 0 Å². The molecule has 0 aliphatic heterocycles. The molecule has 1 unspecified atom stereocenters. The Morgan fingerprint density at radius 3 is 2.55 bits per heavy atom. The first-order valence-electron chi connectivity index (χ1n) is 6.93. The number of aliphatic hydroxyl groups is 1. The van der Waals surface area contributed by atoms with Crippen molar-refractivity contribution in [3.05, 3.63) is 24.3 Å². The molecule has 1 saturated carbocycles. The first-order chi connectivity index (χ1) is 9.54. The van der Waals surface area contributed by atoms with Crippen LogP contribution in [0, 0.1) is 5.92 Å². The van der Waals surface area contributed by atoms with Gasteiger partial charge in [0.15, 0.2) is 0 Å². The zero-order chi connectivity index (χ0) is 14.5. The molecule has 1 atom stereocenters. The van der Waals surface area contributed by atoms with Crippen molar-refractivity contribution in [1.82, 2.24) is 0 Å². The first-order valence-corrected chi connectivity index (χ1v) is 6.93. The second-order valence-electron chi connectivity index (χ2n) is 5.28. The number of amides is 2. The molecule has 0 heterocycles. The van der Waals surface area contributed by atoms with Gasteiger partial charge < -0.3 is 15.7 Å². The summed E-state index contributed by atoms with van der Waals surface area (Å²) in [6.45, 7) is 1.65. The van der Waals surface area contributed by atoms with Crippen molar-refractivity contribution in [2.75, 3.05) is 10.6 Å². The van der Waals surface area contributed by atoms with E-state index in [9.17, 15) is 9.59 Å². The highest BCUT2D eigenvalue weighted by Gasteiger charge is 2.29. The van der Waals surface area contributed by atoms with Crippen molar-refractivity contribution in [1.29, 1.82) is 0 Å². The number of carbonyl (C=O) groups excluding carboxylic acids is 2. The van der Waals surface area contributed by atoms with E-state index in [-0.39, 0.29) is 24.2 Å². The molecule has 3 N–H and O–H groups in total. The fraction of sp³-hybridized carbons (Fsp3) is 0.467. The van der Waals surface area contributed by atoms with Gasteiger partial charge in [0, 0.05) is 23.7 Å². The number of hydrogen-bond donors (Lipinski definition) is 3. The van der Waals surface area contributed by atoms with Gasteiger partial charge in [-0.25, -0.2) is 0 Å². The molecule has 1 fully saturated rings. The monoisotopic (exact) mass is 276 g/mol. The van der Waals surface area contributed by atoms with E-state index < -0.39 is 6.10 Å². The average molecular weight is 276 g/mol. The fourth-order valence-corrected chi connectivity index (χ4v) is 1.83. The second kappa shape index (κ2) is 6.52. The fourth-order valence-electron chi connectivity index (χ4n) is 1.83. The van der Waals surface area contributed by atoms with Crippen molar-refractivity contribution in [3.8, 4) is 0 Å². The molecule has 1 aliphatic rings. The van der Waals surface area contributed by atoms with Gasteiger partial charge in [-0.15, -0.1) is 0 Å². The summed E-state index contributed by atoms with van der Waals surface area (Å²) in [5.41, 5.74) is 1.34. The third kappa shape index (κ3) is 4.66. The number of carbonyl (C=O) groups is 2. The third-order valence-electron chi connectivity index (χ3n) is 3.15. The van der Waals surface area contributed by atoms with E-state index in [0.29, 0.717) is 17.8 Å². The van der Waals surface area contributed by atoms with Crippen LogP contribution in [0.3, 0.4) is 0 Å². The molecule has 0 bridgehead atoms. The number of nitrogens with one attached hydrogen (secondary N) is 2. The number of anilines is 2. The van der Waals surface area contributed by atoms with Crippen LogP contribution in [0.15, 0.2) is 24.3 Å². The maximum absolute atomic E-state index is 11.7. The van der Waals surface area contributed by atoms with Gasteiger partial charge in [-0.2, -0.15) is 0 Å². The summed E-state index contributed by atoms with van der Waals surface area (Å²) in [4.78, 5) is 23.3. The van der Waals surface area contributed by atoms with Crippen molar-refractivity contribution in [3.63, 3.8) is 0 Å². The summed E-state index contributed by atoms with van der Waals surface area (Å²) in [6, 6.07) is 7.09. The number of rotatable bonds is 6. The quantitative estimate of drug-likeness (QED) is 0.744. The molecule has 0 saturated heterocycles. The number of aliphatic hydroxyl groups excluding tert-OH is 1. The number of benzene rings is 1. The van der Waals surface area contributed by atoms with Crippen molar-refractivity contribution in [2.45, 2.75) is 38.7 Å². The smallest absolute Gasteiger partial charge is 0.227 e. The predicted molar refractivity (Wildman–Crippen MR) is 77.3 cm³/mol. The maximum Gasteiger partial charge on any atom is 0.227 e. The van der Waals surface area contributed by atoms with Crippen LogP contribution in [0.1, 0.15) is 32.6 Å². The SMILES string of the molecule is CC(O)CCC(=O)Nc1cccc(NC(=O)C2CC2)c1. The van der Waals surface area contributed by atoms with Crippen molar-refractivity contribution >= 4 is 23.2 Å². The molecule has 108 valence electrons. The Bertz CT molecular complexity index is 496. The maximum atomic E-state index is 11.7. The molecular formula is C15H20N2O3. The van der Waals surface area contributed by atoms with E-state index in [4.69, 9.17) is 5.11 Å². The summed E-state index contributed by atoms with van der Waals surface area (Å²) in [5.74, 6) is 0.0541. The average Bonchev–Trinajstić information content (AvgIpc) is 3.21. The summed E-state index contributed by atoms with van der Waals surface area (Å²) < 4.78 is 0. The van der Waals surface area contributed by atoms with Crippen LogP contribution in [-0.2, 0) is 9.59 Å². The lowest BCUT2D eigenvalue weighted by Gasteiger charge is -2.09. The van der Waals surface area contributed by atoms with E-state index in [0.717, 1.165) is 12.8 Å². The van der Waals surface area contributed by atoms with Crippen LogP contribution in [0.4, 0.5) is 11.4 Å². The lowest BCUT2D eigenvalue weighted by atomic mass is 10.2. The zero-order valence-electron chi connectivity index (χ0n) is 11.6. The summed E-state index contributed by atoms with van der Waals surface area (Å²) in [5, 5.41) is 14.7. The minimum atomic E-state index is -0.482. The highest BCUT2D eigenvalue weighted by molar-refractivity contribution is 5.95. The van der Waals surface area contributed by atoms with Crippen LogP contribution in [-0.4, -0.2) is 23.0 Å². The van der Waals surface area contributed by atoms with Gasteiger partial charge in [0.2, 0.25) is 11.8 Å². The van der Waals surface area contributed by atoms with Crippen molar-refractivity contribution < 1.29 is 14.7 Å². The molecule has 2 amide bonds. The molecule has 1 aromatic carbocycles. The molecule has 5 nitrogen and oxygen atoms in total. The van der Waals surface area contributed by atoms with E-state index in [1.54, 1.807) is 31.2 Å². The minimum Gasteiger partial charge on any atom is -0.393 e. The number of hydrogen-bond acceptors (Lipinski definition) is 3. The summed E-state index contributed by atoms with van der Waals surface area (Å²) in [7, 11) is 0. The van der Waals surface area contributed by atoms with Crippen molar-refractivity contribution in [2.24, 2.45) is 5.92 Å². The molecule has 20 heavy (non-hydrogen) atoms. The second-order valence-corrected chi connectivity index (χ2v) is 5.28. The molecule has 0 radical (unpaired) electrons. The Labute approximate surface area is 118 Å². The van der Waals surface area contributed by atoms with E-state index in [1.165, 1.54) is 0 Å². The largest absolute Gasteiger partial charge is 0.393 e. The third-order valence-corrected chi connectivity index (χ3v) is 3.15. The predicted octanol–water partition coefficient (Wildman–Crippen LogP) is 2.13. The van der Waals surface area contributed by atoms with Crippen LogP contribution in [0.25, 0.3) is 0 Å². The Balaban J connectivity index is 1.88. The lowest BCUT2D eigenvalue weighted by molar-refractivity contribution is -0.117. The molecular weight excluding hydrogens is 256 g/mol. The molecule has 1 aromatic rings. The Morgan fingerprint density at radius 1 is 1.30 bits per heavy atom. The Kier molecular flexibility index (Phi) is 4.74. The minimum absolute atomic E-state index is 0.0441. The van der Waals surface area contributed by atoms with Gasteiger partial charge in [-0.05, 0) is 44.4 Å². The standard InChI is InChI=1S/C15H20N2O3/c1-10(18)5-8-14(19)16-12-3-2-4-13(9-12)17-15(20)11-6-7-11/h2-4,9-11,18H,5-8H2,1H3,(H,16,19)(H,17,20). The molecule has 1 aliphatic carbocycles. The zero-order valence-corrected chi connectivity index (χ0v) is 11.6. The van der Waals surface area contributed by atoms with Crippen LogP contribution in [0.2, 0.25) is 0 Å². The normalized spacial score (nSPS) is 15.5. The van der Waals surface area contributed by atoms with E-state index >= 15 is 0 Å². The molecule has 0 spiro atoms. The van der Waals surface area contributed by atoms with Gasteiger partial charge in [0.05, 0.1) is 6.10 Å². The van der Waals surface area contributed by atoms with Crippen LogP contribution < -0.4 is 10.6 Å². The Morgan fingerprint density at radius 2 is 1.95 bits per heavy atom. The van der Waals surface area contributed by atoms with E-state index in [1.807, 2.05) is 0 Å². The van der Waals surface area contributed by atoms with Gasteiger partial charge >= 0.3 is 0 Å². The van der Waals surface area contributed by atoms with Crippen LogP contribution in [0.5, 0.6) is 0 Å². The molecule has 0 aromatic heterocycles. The Hall–Kier alpha value is -1.88. The summed E-state index contributed by atoms with van der Waals surface area (Å²) in [6.07, 6.45) is 2.15. The highest BCUT2D eigenvalue weighted by Crippen LogP contribution is 2.30. The van der Waals surface area contributed by atoms with Gasteiger partial charge in [-0.3, -0.25) is 9.59 Å². The van der Waals surface area contributed by atoms with Crippen LogP contribution >= 0.6 is 0 Å². The van der Waals surface area contributed by atoms with Gasteiger partial charge in [0.1, 0.15) is 0 Å². The van der Waals surface area contributed by atoms with Gasteiger partial charge in [-0.1, -0.05) is 6.07 Å². The molecule has 2 rings (SSSR count). The lowest BCUT2D eigenvalue weighted by Crippen LogP contribution is -2.15. The highest BCUT2D eigenvalue weighted by atomic mass is 16.3. The topological polar surface area (TPSA) is 78.4 Å². The molecule has 5 heteroatoms.